The van der Waals surface area contributed by atoms with Crippen molar-refractivity contribution in [3.63, 3.8) is 0 Å². The lowest BCUT2D eigenvalue weighted by molar-refractivity contribution is -0.129. The van der Waals surface area contributed by atoms with Gasteiger partial charge in [0, 0.05) is 7.05 Å². The minimum atomic E-state index is -4.27. The third-order valence-corrected chi connectivity index (χ3v) is 7.23. The lowest BCUT2D eigenvalue weighted by atomic mass is 9.82. The molecule has 176 valence electrons. The Balaban J connectivity index is 1.81. The molecule has 0 saturated carbocycles. The van der Waals surface area contributed by atoms with Crippen molar-refractivity contribution >= 4 is 22.0 Å². The maximum atomic E-state index is 13.5. The monoisotopic (exact) mass is 479 g/mol. The number of carbonyl (C=O) groups is 1. The molecule has 1 amide bonds. The van der Waals surface area contributed by atoms with Gasteiger partial charge in [0.2, 0.25) is 0 Å². The Morgan fingerprint density at radius 3 is 2.21 bits per heavy atom. The summed E-state index contributed by atoms with van der Waals surface area (Å²) in [5.74, 6) is 0.879. The van der Waals surface area contributed by atoms with Gasteiger partial charge in [-0.25, -0.2) is 4.99 Å². The van der Waals surface area contributed by atoms with E-state index in [0.717, 1.165) is 0 Å². The summed E-state index contributed by atoms with van der Waals surface area (Å²) in [5.41, 5.74) is 6.06. The zero-order chi connectivity index (χ0) is 24.5. The highest BCUT2D eigenvalue weighted by molar-refractivity contribution is 7.86. The summed E-state index contributed by atoms with van der Waals surface area (Å²) in [4.78, 5) is 19.3. The summed E-state index contributed by atoms with van der Waals surface area (Å²) < 4.78 is 39.0. The molecule has 8 nitrogen and oxygen atoms in total. The summed E-state index contributed by atoms with van der Waals surface area (Å²) in [5, 5.41) is -1.06. The number of rotatable bonds is 7. The Bertz CT molecular complexity index is 1340. The number of carbonyl (C=O) groups excluding carboxylic acids is 1. The van der Waals surface area contributed by atoms with Crippen LogP contribution in [-0.2, 0) is 20.5 Å². The average molecular weight is 480 g/mol. The summed E-state index contributed by atoms with van der Waals surface area (Å²) in [6.07, 6.45) is 0.203. The molecule has 0 bridgehead atoms. The Hall–Kier alpha value is -3.69. The van der Waals surface area contributed by atoms with Gasteiger partial charge in [0.05, 0.1) is 0 Å². The number of aliphatic imine (C=N–C) groups is 1. The van der Waals surface area contributed by atoms with Crippen LogP contribution >= 0.6 is 0 Å². The van der Waals surface area contributed by atoms with E-state index in [1.165, 1.54) is 4.90 Å². The second-order valence-electron chi connectivity index (χ2n) is 8.02. The first-order valence-corrected chi connectivity index (χ1v) is 12.2. The summed E-state index contributed by atoms with van der Waals surface area (Å²) >= 11 is 0. The molecule has 2 unspecified atom stereocenters. The third-order valence-electron chi connectivity index (χ3n) is 5.90. The van der Waals surface area contributed by atoms with Crippen LogP contribution in [0.15, 0.2) is 83.9 Å². The number of nitrogens with zero attached hydrogens (tertiary/aromatic N) is 2. The van der Waals surface area contributed by atoms with Gasteiger partial charge < -0.3 is 10.5 Å². The van der Waals surface area contributed by atoms with Crippen molar-refractivity contribution in [2.75, 3.05) is 7.05 Å². The van der Waals surface area contributed by atoms with Crippen LogP contribution in [0.25, 0.3) is 0 Å². The third kappa shape index (κ3) is 4.15. The van der Waals surface area contributed by atoms with E-state index in [1.54, 1.807) is 62.5 Å². The zero-order valence-electron chi connectivity index (χ0n) is 18.8. The maximum absolute atomic E-state index is 13.5. The second kappa shape index (κ2) is 8.92. The molecule has 0 spiro atoms. The van der Waals surface area contributed by atoms with E-state index >= 15 is 0 Å². The molecule has 3 aromatic carbocycles. The molecular formula is C25H25N3O5S. The van der Waals surface area contributed by atoms with E-state index in [-0.39, 0.29) is 18.3 Å². The van der Waals surface area contributed by atoms with Crippen LogP contribution in [0, 0.1) is 0 Å². The molecule has 1 aliphatic heterocycles. The molecule has 0 aliphatic carbocycles. The van der Waals surface area contributed by atoms with E-state index in [0.29, 0.717) is 28.2 Å². The zero-order valence-corrected chi connectivity index (χ0v) is 19.6. The molecule has 0 saturated heterocycles. The van der Waals surface area contributed by atoms with Gasteiger partial charge in [-0.2, -0.15) is 8.42 Å². The van der Waals surface area contributed by atoms with Gasteiger partial charge >= 0.3 is 0 Å². The number of guanidine groups is 1. The van der Waals surface area contributed by atoms with Gasteiger partial charge in [0.1, 0.15) is 16.7 Å². The Morgan fingerprint density at radius 2 is 1.65 bits per heavy atom. The SMILES string of the molecule is CCC(c1ccc(C2(c3cccc(Oc4ccccc4)c3)N=C(N)N(C)C2=O)cc1)S(=O)(=O)O. The first-order valence-electron chi connectivity index (χ1n) is 10.7. The normalized spacial score (nSPS) is 19.1. The number of hydrogen-bond acceptors (Lipinski definition) is 6. The number of amides is 1. The van der Waals surface area contributed by atoms with Gasteiger partial charge in [-0.15, -0.1) is 0 Å². The Labute approximate surface area is 198 Å². The lowest BCUT2D eigenvalue weighted by Gasteiger charge is -2.27. The molecule has 0 radical (unpaired) electrons. The fraction of sp³-hybridized carbons (Fsp3) is 0.200. The van der Waals surface area contributed by atoms with E-state index in [4.69, 9.17) is 10.5 Å². The summed E-state index contributed by atoms with van der Waals surface area (Å²) in [6.45, 7) is 1.67. The van der Waals surface area contributed by atoms with Gasteiger partial charge in [-0.1, -0.05) is 61.5 Å². The standard InChI is InChI=1S/C25H25N3O5S/c1-3-22(34(30,31)32)17-12-14-18(15-13-17)25(23(29)28(2)24(26)27-25)19-8-7-11-21(16-19)33-20-9-5-4-6-10-20/h4-16,22H,3H2,1-2H3,(H2,26,27)(H,30,31,32). The number of hydrogen-bond donors (Lipinski definition) is 2. The van der Waals surface area contributed by atoms with Crippen molar-refractivity contribution in [2.45, 2.75) is 24.1 Å². The molecule has 3 aromatic rings. The predicted octanol–water partition coefficient (Wildman–Crippen LogP) is 3.85. The fourth-order valence-electron chi connectivity index (χ4n) is 4.15. The van der Waals surface area contributed by atoms with E-state index in [1.807, 2.05) is 30.3 Å². The molecule has 4 rings (SSSR count). The summed E-state index contributed by atoms with van der Waals surface area (Å²) in [7, 11) is -2.72. The van der Waals surface area contributed by atoms with Crippen LogP contribution in [0.2, 0.25) is 0 Å². The highest BCUT2D eigenvalue weighted by atomic mass is 32.2. The first-order chi connectivity index (χ1) is 16.2. The van der Waals surface area contributed by atoms with Crippen molar-refractivity contribution in [3.05, 3.63) is 95.6 Å². The van der Waals surface area contributed by atoms with E-state index in [9.17, 15) is 17.8 Å². The molecular weight excluding hydrogens is 454 g/mol. The van der Waals surface area contributed by atoms with E-state index in [2.05, 4.69) is 4.99 Å². The number of benzene rings is 3. The predicted molar refractivity (Wildman–Crippen MR) is 129 cm³/mol. The fourth-order valence-corrected chi connectivity index (χ4v) is 5.07. The van der Waals surface area contributed by atoms with Crippen molar-refractivity contribution in [3.8, 4) is 11.5 Å². The number of likely N-dealkylation sites (N-methyl/N-ethyl adjacent to an activating group) is 1. The lowest BCUT2D eigenvalue weighted by Crippen LogP contribution is -2.41. The second-order valence-corrected chi connectivity index (χ2v) is 9.62. The van der Waals surface area contributed by atoms with Gasteiger partial charge in [0.15, 0.2) is 11.5 Å². The molecule has 0 fully saturated rings. The quantitative estimate of drug-likeness (QED) is 0.497. The molecule has 9 heteroatoms. The smallest absolute Gasteiger partial charge is 0.271 e. The Kier molecular flexibility index (Phi) is 6.16. The molecule has 3 N–H and O–H groups in total. The average Bonchev–Trinajstić information content (AvgIpc) is 3.05. The minimum Gasteiger partial charge on any atom is -0.457 e. The molecule has 34 heavy (non-hydrogen) atoms. The highest BCUT2D eigenvalue weighted by Gasteiger charge is 2.49. The molecule has 2 atom stereocenters. The highest BCUT2D eigenvalue weighted by Crippen LogP contribution is 2.41. The first kappa shape index (κ1) is 23.5. The van der Waals surface area contributed by atoms with Crippen LogP contribution in [-0.4, -0.2) is 36.8 Å². The Morgan fingerprint density at radius 1 is 1.00 bits per heavy atom. The molecule has 0 aromatic heterocycles. The molecule has 1 heterocycles. The van der Waals surface area contributed by atoms with Crippen LogP contribution in [0.3, 0.4) is 0 Å². The number of ether oxygens (including phenoxy) is 1. The van der Waals surface area contributed by atoms with Crippen molar-refractivity contribution in [1.29, 1.82) is 0 Å². The van der Waals surface area contributed by atoms with Gasteiger partial charge in [0.25, 0.3) is 16.0 Å². The van der Waals surface area contributed by atoms with Crippen LogP contribution < -0.4 is 10.5 Å². The summed E-state index contributed by atoms with van der Waals surface area (Å²) in [6, 6.07) is 22.8. The maximum Gasteiger partial charge on any atom is 0.271 e. The van der Waals surface area contributed by atoms with Crippen LogP contribution in [0.4, 0.5) is 0 Å². The number of para-hydroxylation sites is 1. The van der Waals surface area contributed by atoms with Crippen LogP contribution in [0.5, 0.6) is 11.5 Å². The van der Waals surface area contributed by atoms with Crippen LogP contribution in [0.1, 0.15) is 35.3 Å². The van der Waals surface area contributed by atoms with Gasteiger partial charge in [-0.3, -0.25) is 14.2 Å². The van der Waals surface area contributed by atoms with Crippen molar-refractivity contribution < 1.29 is 22.5 Å². The largest absolute Gasteiger partial charge is 0.457 e. The number of nitrogens with two attached hydrogens (primary N) is 1. The minimum absolute atomic E-state index is 0.0628. The van der Waals surface area contributed by atoms with Crippen molar-refractivity contribution in [1.82, 2.24) is 4.90 Å². The topological polar surface area (TPSA) is 122 Å². The van der Waals surface area contributed by atoms with E-state index < -0.39 is 20.9 Å². The molecule has 1 aliphatic rings. The van der Waals surface area contributed by atoms with Gasteiger partial charge in [-0.05, 0) is 47.4 Å². The van der Waals surface area contributed by atoms with Crippen molar-refractivity contribution in [2.24, 2.45) is 10.7 Å².